The maximum atomic E-state index is 13.0. The van der Waals surface area contributed by atoms with E-state index in [4.69, 9.17) is 0 Å². The molecule has 0 bridgehead atoms. The van der Waals surface area contributed by atoms with Crippen molar-refractivity contribution >= 4 is 17.8 Å². The molecule has 1 unspecified atom stereocenters. The van der Waals surface area contributed by atoms with Gasteiger partial charge in [-0.3, -0.25) is 19.4 Å². The average Bonchev–Trinajstić information content (AvgIpc) is 2.99. The van der Waals surface area contributed by atoms with E-state index < -0.39 is 17.5 Å². The van der Waals surface area contributed by atoms with E-state index >= 15 is 0 Å². The Hall–Kier alpha value is -3.19. The number of nitrogens with zero attached hydrogens (tertiary/aromatic N) is 3. The van der Waals surface area contributed by atoms with Crippen molar-refractivity contribution in [1.29, 1.82) is 0 Å². The Morgan fingerprint density at radius 1 is 1.00 bits per heavy atom. The number of rotatable bonds is 5. The largest absolute Gasteiger partial charge is 0.339 e. The van der Waals surface area contributed by atoms with Crippen molar-refractivity contribution in [2.75, 3.05) is 32.7 Å². The molecule has 2 aliphatic heterocycles. The van der Waals surface area contributed by atoms with Gasteiger partial charge in [-0.25, -0.2) is 4.79 Å². The number of aryl methyl sites for hydroxylation is 1. The zero-order valence-corrected chi connectivity index (χ0v) is 18.0. The van der Waals surface area contributed by atoms with Crippen molar-refractivity contribution in [3.63, 3.8) is 0 Å². The van der Waals surface area contributed by atoms with Crippen molar-refractivity contribution in [3.05, 3.63) is 71.3 Å². The minimum atomic E-state index is -1.15. The second-order valence-corrected chi connectivity index (χ2v) is 8.46. The molecule has 1 atom stereocenters. The van der Waals surface area contributed by atoms with Gasteiger partial charge in [-0.2, -0.15) is 0 Å². The summed E-state index contributed by atoms with van der Waals surface area (Å²) in [4.78, 5) is 43.4. The third-order valence-corrected chi connectivity index (χ3v) is 6.13. The second-order valence-electron chi connectivity index (χ2n) is 8.46. The lowest BCUT2D eigenvalue weighted by molar-refractivity contribution is -0.139. The topological polar surface area (TPSA) is 73.0 Å². The van der Waals surface area contributed by atoms with Crippen LogP contribution in [0.15, 0.2) is 54.6 Å². The molecule has 0 aromatic heterocycles. The monoisotopic (exact) mass is 420 g/mol. The molecule has 31 heavy (non-hydrogen) atoms. The molecular formula is C24H28N4O3. The lowest BCUT2D eigenvalue weighted by Crippen LogP contribution is -2.51. The number of carbonyl (C=O) groups is 3. The first kappa shape index (κ1) is 21.1. The summed E-state index contributed by atoms with van der Waals surface area (Å²) < 4.78 is 0. The maximum absolute atomic E-state index is 13.0. The van der Waals surface area contributed by atoms with Crippen LogP contribution in [-0.4, -0.2) is 65.3 Å². The van der Waals surface area contributed by atoms with E-state index in [2.05, 4.69) is 41.4 Å². The zero-order chi connectivity index (χ0) is 22.0. The van der Waals surface area contributed by atoms with Crippen molar-refractivity contribution in [3.8, 4) is 0 Å². The molecule has 2 aliphatic rings. The minimum Gasteiger partial charge on any atom is -0.339 e. The van der Waals surface area contributed by atoms with E-state index in [1.54, 1.807) is 24.0 Å². The average molecular weight is 421 g/mol. The van der Waals surface area contributed by atoms with Gasteiger partial charge >= 0.3 is 6.03 Å². The summed E-state index contributed by atoms with van der Waals surface area (Å²) in [5, 5.41) is 2.75. The van der Waals surface area contributed by atoms with Gasteiger partial charge in [0, 0.05) is 32.7 Å². The molecule has 4 amide bonds. The van der Waals surface area contributed by atoms with E-state index in [0.717, 1.165) is 24.5 Å². The molecule has 2 aromatic carbocycles. The van der Waals surface area contributed by atoms with E-state index in [1.165, 1.54) is 11.1 Å². The van der Waals surface area contributed by atoms with Crippen molar-refractivity contribution in [2.24, 2.45) is 0 Å². The first-order chi connectivity index (χ1) is 14.9. The number of benzene rings is 2. The maximum Gasteiger partial charge on any atom is 0.325 e. The molecule has 2 fully saturated rings. The summed E-state index contributed by atoms with van der Waals surface area (Å²) in [6.07, 6.45) is 0. The number of imide groups is 1. The van der Waals surface area contributed by atoms with Gasteiger partial charge < -0.3 is 10.2 Å². The Balaban J connectivity index is 1.34. The van der Waals surface area contributed by atoms with Crippen molar-refractivity contribution in [2.45, 2.75) is 25.9 Å². The molecule has 0 aliphatic carbocycles. The van der Waals surface area contributed by atoms with Crippen LogP contribution < -0.4 is 5.32 Å². The Labute approximate surface area is 182 Å². The van der Waals surface area contributed by atoms with Gasteiger partial charge in [0.15, 0.2) is 0 Å². The molecule has 0 radical (unpaired) electrons. The fourth-order valence-electron chi connectivity index (χ4n) is 4.27. The number of hydrogen-bond acceptors (Lipinski definition) is 4. The fraction of sp³-hybridized carbons (Fsp3) is 0.375. The van der Waals surface area contributed by atoms with Crippen LogP contribution in [0.4, 0.5) is 4.79 Å². The van der Waals surface area contributed by atoms with Gasteiger partial charge in [0.1, 0.15) is 12.1 Å². The van der Waals surface area contributed by atoms with Gasteiger partial charge in [0.05, 0.1) is 0 Å². The van der Waals surface area contributed by atoms with E-state index in [-0.39, 0.29) is 12.5 Å². The van der Waals surface area contributed by atoms with Crippen molar-refractivity contribution < 1.29 is 14.4 Å². The lowest BCUT2D eigenvalue weighted by Gasteiger charge is -2.35. The first-order valence-corrected chi connectivity index (χ1v) is 10.6. The molecule has 0 spiro atoms. The Morgan fingerprint density at radius 3 is 2.39 bits per heavy atom. The third-order valence-electron chi connectivity index (χ3n) is 6.13. The molecule has 2 heterocycles. The molecule has 7 heteroatoms. The van der Waals surface area contributed by atoms with E-state index in [0.29, 0.717) is 18.7 Å². The van der Waals surface area contributed by atoms with Crippen LogP contribution in [-0.2, 0) is 21.7 Å². The van der Waals surface area contributed by atoms with Gasteiger partial charge in [-0.05, 0) is 25.0 Å². The zero-order valence-electron chi connectivity index (χ0n) is 18.0. The molecule has 2 aromatic rings. The number of urea groups is 1. The van der Waals surface area contributed by atoms with Crippen LogP contribution in [0.2, 0.25) is 0 Å². The lowest BCUT2D eigenvalue weighted by atomic mass is 9.92. The van der Waals surface area contributed by atoms with Crippen LogP contribution >= 0.6 is 0 Å². The van der Waals surface area contributed by atoms with Crippen LogP contribution in [0.25, 0.3) is 0 Å². The highest BCUT2D eigenvalue weighted by atomic mass is 16.2. The molecule has 4 rings (SSSR count). The second kappa shape index (κ2) is 8.51. The quantitative estimate of drug-likeness (QED) is 0.752. The first-order valence-electron chi connectivity index (χ1n) is 10.6. The molecule has 0 saturated carbocycles. The van der Waals surface area contributed by atoms with E-state index in [1.807, 2.05) is 18.2 Å². The number of piperazine rings is 1. The van der Waals surface area contributed by atoms with Crippen LogP contribution in [0.3, 0.4) is 0 Å². The smallest absolute Gasteiger partial charge is 0.325 e. The van der Waals surface area contributed by atoms with Crippen LogP contribution in [0.1, 0.15) is 23.6 Å². The summed E-state index contributed by atoms with van der Waals surface area (Å²) in [7, 11) is 0. The SMILES string of the molecule is Cc1cccc(CN2CCN(C(=O)CN3C(=O)NC(C)(c4ccccc4)C3=O)CC2)c1. The molecule has 1 N–H and O–H groups in total. The number of amides is 4. The molecule has 2 saturated heterocycles. The highest BCUT2D eigenvalue weighted by Gasteiger charge is 2.49. The van der Waals surface area contributed by atoms with Crippen molar-refractivity contribution in [1.82, 2.24) is 20.0 Å². The van der Waals surface area contributed by atoms with Crippen LogP contribution in [0.5, 0.6) is 0 Å². The minimum absolute atomic E-state index is 0.198. The van der Waals surface area contributed by atoms with Gasteiger partial charge in [-0.15, -0.1) is 0 Å². The molecule has 7 nitrogen and oxygen atoms in total. The standard InChI is InChI=1S/C24H28N4O3/c1-18-7-6-8-19(15-18)16-26-11-13-27(14-12-26)21(29)17-28-22(30)24(2,25-23(28)31)20-9-4-3-5-10-20/h3-10,15H,11-14,16-17H2,1-2H3,(H,25,31). The van der Waals surface area contributed by atoms with Crippen LogP contribution in [0, 0.1) is 6.92 Å². The summed E-state index contributed by atoms with van der Waals surface area (Å²) in [5.41, 5.74) is 2.06. The highest BCUT2D eigenvalue weighted by molar-refractivity contribution is 6.09. The van der Waals surface area contributed by atoms with Gasteiger partial charge in [0.25, 0.3) is 5.91 Å². The number of hydrogen-bond donors (Lipinski definition) is 1. The summed E-state index contributed by atoms with van der Waals surface area (Å²) in [6, 6.07) is 17.0. The highest BCUT2D eigenvalue weighted by Crippen LogP contribution is 2.28. The number of carbonyl (C=O) groups excluding carboxylic acids is 3. The summed E-state index contributed by atoms with van der Waals surface area (Å²) in [5.74, 6) is -0.592. The predicted molar refractivity (Wildman–Crippen MR) is 117 cm³/mol. The predicted octanol–water partition coefficient (Wildman–Crippen LogP) is 2.11. The van der Waals surface area contributed by atoms with E-state index in [9.17, 15) is 14.4 Å². The molecule has 162 valence electrons. The normalized spacial score (nSPS) is 22.0. The summed E-state index contributed by atoms with van der Waals surface area (Å²) in [6.45, 7) is 7.09. The third kappa shape index (κ3) is 4.32. The Kier molecular flexibility index (Phi) is 5.78. The van der Waals surface area contributed by atoms with Gasteiger partial charge in [0.2, 0.25) is 5.91 Å². The fourth-order valence-corrected chi connectivity index (χ4v) is 4.27. The molecular weight excluding hydrogens is 392 g/mol. The summed E-state index contributed by atoms with van der Waals surface area (Å²) >= 11 is 0. The Bertz CT molecular complexity index is 985. The number of nitrogens with one attached hydrogen (secondary N) is 1. The van der Waals surface area contributed by atoms with Gasteiger partial charge in [-0.1, -0.05) is 60.2 Å². The Morgan fingerprint density at radius 2 is 1.71 bits per heavy atom.